The number of hydrogen-bond acceptors (Lipinski definition) is 5. The van der Waals surface area contributed by atoms with E-state index in [1.165, 1.54) is 16.8 Å². The minimum atomic E-state index is 0.780. The topological polar surface area (TPSA) is 52.6 Å². The zero-order valence-corrected chi connectivity index (χ0v) is 19.3. The van der Waals surface area contributed by atoms with Crippen molar-refractivity contribution in [1.29, 1.82) is 0 Å². The minimum Gasteiger partial charge on any atom is -0.497 e. The summed E-state index contributed by atoms with van der Waals surface area (Å²) in [6, 6.07) is 17.2. The minimum absolute atomic E-state index is 0.780. The summed E-state index contributed by atoms with van der Waals surface area (Å²) >= 11 is 0. The molecule has 0 radical (unpaired) electrons. The van der Waals surface area contributed by atoms with Gasteiger partial charge < -0.3 is 24.6 Å². The van der Waals surface area contributed by atoms with Crippen molar-refractivity contribution in [2.24, 2.45) is 4.99 Å². The smallest absolute Gasteiger partial charge is 0.194 e. The molecular weight excluding hydrogens is 402 g/mol. The van der Waals surface area contributed by atoms with E-state index in [0.29, 0.717) is 0 Å². The normalized spacial score (nSPS) is 18.0. The SMILES string of the molecule is CN=C(NCc1cccc(CN2CCOCC2)c1)N1CCN(c2ccc(OC)cc2)CC1. The van der Waals surface area contributed by atoms with Crippen LogP contribution in [0, 0.1) is 0 Å². The zero-order valence-electron chi connectivity index (χ0n) is 19.3. The van der Waals surface area contributed by atoms with Crippen molar-refractivity contribution < 1.29 is 9.47 Å². The van der Waals surface area contributed by atoms with E-state index in [9.17, 15) is 0 Å². The van der Waals surface area contributed by atoms with Gasteiger partial charge in [0, 0.05) is 65.1 Å². The van der Waals surface area contributed by atoms with Crippen LogP contribution in [0.5, 0.6) is 5.75 Å². The van der Waals surface area contributed by atoms with E-state index in [4.69, 9.17) is 9.47 Å². The largest absolute Gasteiger partial charge is 0.497 e. The summed E-state index contributed by atoms with van der Waals surface area (Å²) in [6.45, 7) is 9.30. The maximum atomic E-state index is 5.46. The predicted octanol–water partition coefficient (Wildman–Crippen LogP) is 2.42. The number of hydrogen-bond donors (Lipinski definition) is 1. The molecule has 1 N–H and O–H groups in total. The number of ether oxygens (including phenoxy) is 2. The molecule has 32 heavy (non-hydrogen) atoms. The third-order valence-electron chi connectivity index (χ3n) is 6.18. The number of nitrogens with zero attached hydrogens (tertiary/aromatic N) is 4. The lowest BCUT2D eigenvalue weighted by Crippen LogP contribution is -2.52. The second kappa shape index (κ2) is 11.2. The van der Waals surface area contributed by atoms with Crippen molar-refractivity contribution in [3.05, 3.63) is 59.7 Å². The van der Waals surface area contributed by atoms with Gasteiger partial charge >= 0.3 is 0 Å². The highest BCUT2D eigenvalue weighted by molar-refractivity contribution is 5.80. The fourth-order valence-corrected chi connectivity index (χ4v) is 4.34. The predicted molar refractivity (Wildman–Crippen MR) is 130 cm³/mol. The van der Waals surface area contributed by atoms with Gasteiger partial charge in [0.05, 0.1) is 20.3 Å². The maximum absolute atomic E-state index is 5.46. The third-order valence-corrected chi connectivity index (χ3v) is 6.18. The number of anilines is 1. The molecule has 0 amide bonds. The number of nitrogens with one attached hydrogen (secondary N) is 1. The molecule has 0 saturated carbocycles. The second-order valence-electron chi connectivity index (χ2n) is 8.28. The van der Waals surface area contributed by atoms with Crippen molar-refractivity contribution >= 4 is 11.6 Å². The van der Waals surface area contributed by atoms with Gasteiger partial charge in [0.15, 0.2) is 5.96 Å². The summed E-state index contributed by atoms with van der Waals surface area (Å²) < 4.78 is 10.7. The highest BCUT2D eigenvalue weighted by Gasteiger charge is 2.20. The molecule has 7 heteroatoms. The summed E-state index contributed by atoms with van der Waals surface area (Å²) in [5.41, 5.74) is 3.88. The Balaban J connectivity index is 1.27. The van der Waals surface area contributed by atoms with Crippen molar-refractivity contribution in [3.63, 3.8) is 0 Å². The molecule has 2 saturated heterocycles. The van der Waals surface area contributed by atoms with Crippen molar-refractivity contribution in [2.45, 2.75) is 13.1 Å². The van der Waals surface area contributed by atoms with Crippen LogP contribution in [0.3, 0.4) is 0 Å². The fraction of sp³-hybridized carbons (Fsp3) is 0.480. The number of piperazine rings is 1. The maximum Gasteiger partial charge on any atom is 0.194 e. The van der Waals surface area contributed by atoms with Crippen LogP contribution in [-0.4, -0.2) is 82.4 Å². The molecule has 2 aromatic rings. The van der Waals surface area contributed by atoms with E-state index < -0.39 is 0 Å². The number of guanidine groups is 1. The fourth-order valence-electron chi connectivity index (χ4n) is 4.34. The molecule has 0 spiro atoms. The van der Waals surface area contributed by atoms with Crippen LogP contribution < -0.4 is 15.0 Å². The number of aliphatic imine (C=N–C) groups is 1. The van der Waals surface area contributed by atoms with Gasteiger partial charge in [-0.3, -0.25) is 9.89 Å². The lowest BCUT2D eigenvalue weighted by Gasteiger charge is -2.37. The number of rotatable bonds is 6. The van der Waals surface area contributed by atoms with E-state index in [0.717, 1.165) is 77.3 Å². The monoisotopic (exact) mass is 437 g/mol. The van der Waals surface area contributed by atoms with Crippen molar-refractivity contribution in [1.82, 2.24) is 15.1 Å². The summed E-state index contributed by atoms with van der Waals surface area (Å²) in [5, 5.41) is 3.56. The number of morpholine rings is 1. The summed E-state index contributed by atoms with van der Waals surface area (Å²) in [6.07, 6.45) is 0. The van der Waals surface area contributed by atoms with E-state index >= 15 is 0 Å². The van der Waals surface area contributed by atoms with Crippen LogP contribution in [0.4, 0.5) is 5.69 Å². The molecule has 172 valence electrons. The highest BCUT2D eigenvalue weighted by Crippen LogP contribution is 2.20. The molecule has 0 aliphatic carbocycles. The van der Waals surface area contributed by atoms with Crippen LogP contribution in [0.15, 0.2) is 53.5 Å². The van der Waals surface area contributed by atoms with E-state index in [1.54, 1.807) is 7.11 Å². The van der Waals surface area contributed by atoms with Crippen LogP contribution in [0.2, 0.25) is 0 Å². The van der Waals surface area contributed by atoms with Gasteiger partial charge in [-0.15, -0.1) is 0 Å². The summed E-state index contributed by atoms with van der Waals surface area (Å²) in [5.74, 6) is 1.86. The summed E-state index contributed by atoms with van der Waals surface area (Å²) in [7, 11) is 3.57. The lowest BCUT2D eigenvalue weighted by atomic mass is 10.1. The van der Waals surface area contributed by atoms with Crippen LogP contribution in [0.25, 0.3) is 0 Å². The first kappa shape index (κ1) is 22.4. The summed E-state index contributed by atoms with van der Waals surface area (Å²) in [4.78, 5) is 11.8. The van der Waals surface area contributed by atoms with E-state index in [1.807, 2.05) is 19.2 Å². The van der Waals surface area contributed by atoms with Gasteiger partial charge in [-0.1, -0.05) is 24.3 Å². The van der Waals surface area contributed by atoms with Gasteiger partial charge in [-0.25, -0.2) is 0 Å². The Bertz CT molecular complexity index is 872. The van der Waals surface area contributed by atoms with Gasteiger partial charge in [-0.2, -0.15) is 0 Å². The van der Waals surface area contributed by atoms with Crippen molar-refractivity contribution in [2.75, 3.05) is 71.5 Å². The van der Waals surface area contributed by atoms with Crippen molar-refractivity contribution in [3.8, 4) is 5.75 Å². The highest BCUT2D eigenvalue weighted by atomic mass is 16.5. The average Bonchev–Trinajstić information content (AvgIpc) is 2.86. The average molecular weight is 438 g/mol. The Hall–Kier alpha value is -2.77. The molecule has 7 nitrogen and oxygen atoms in total. The quantitative estimate of drug-likeness (QED) is 0.553. The molecule has 2 aromatic carbocycles. The molecular formula is C25H35N5O2. The first-order valence-electron chi connectivity index (χ1n) is 11.5. The molecule has 2 heterocycles. The Kier molecular flexibility index (Phi) is 7.85. The lowest BCUT2D eigenvalue weighted by molar-refractivity contribution is 0.0342. The first-order valence-corrected chi connectivity index (χ1v) is 11.5. The Morgan fingerprint density at radius 3 is 2.38 bits per heavy atom. The molecule has 0 aromatic heterocycles. The molecule has 0 bridgehead atoms. The van der Waals surface area contributed by atoms with E-state index in [2.05, 4.69) is 61.4 Å². The standard InChI is InChI=1S/C25H35N5O2/c1-26-25(30-12-10-29(11-13-30)23-6-8-24(31-2)9-7-23)27-19-21-4-3-5-22(18-21)20-28-14-16-32-17-15-28/h3-9,18H,10-17,19-20H2,1-2H3,(H,26,27). The van der Waals surface area contributed by atoms with Crippen LogP contribution >= 0.6 is 0 Å². The molecule has 2 fully saturated rings. The Morgan fingerprint density at radius 1 is 0.969 bits per heavy atom. The van der Waals surface area contributed by atoms with Gasteiger partial charge in [-0.05, 0) is 35.4 Å². The molecule has 2 aliphatic heterocycles. The van der Waals surface area contributed by atoms with Gasteiger partial charge in [0.2, 0.25) is 0 Å². The number of benzene rings is 2. The first-order chi connectivity index (χ1) is 15.7. The Morgan fingerprint density at radius 2 is 1.69 bits per heavy atom. The molecule has 4 rings (SSSR count). The molecule has 0 unspecified atom stereocenters. The van der Waals surface area contributed by atoms with Gasteiger partial charge in [0.25, 0.3) is 0 Å². The number of methoxy groups -OCH3 is 1. The molecule has 2 aliphatic rings. The van der Waals surface area contributed by atoms with Crippen LogP contribution in [-0.2, 0) is 17.8 Å². The second-order valence-corrected chi connectivity index (χ2v) is 8.28. The van der Waals surface area contributed by atoms with Gasteiger partial charge in [0.1, 0.15) is 5.75 Å². The Labute approximate surface area is 191 Å². The molecule has 0 atom stereocenters. The van der Waals surface area contributed by atoms with Crippen LogP contribution in [0.1, 0.15) is 11.1 Å². The zero-order chi connectivity index (χ0) is 22.2. The van der Waals surface area contributed by atoms with E-state index in [-0.39, 0.29) is 0 Å². The third kappa shape index (κ3) is 5.93.